The Balaban J connectivity index is 0. The van der Waals surface area contributed by atoms with Crippen molar-refractivity contribution in [1.82, 2.24) is 4.90 Å². The molecule has 0 spiro atoms. The second-order valence-electron chi connectivity index (χ2n) is 11.5. The maximum atomic E-state index is 8.88. The molecule has 0 aliphatic heterocycles. The predicted molar refractivity (Wildman–Crippen MR) is 163 cm³/mol. The highest BCUT2D eigenvalue weighted by Crippen LogP contribution is 2.25. The first-order chi connectivity index (χ1) is 17.7. The molecule has 0 saturated heterocycles. The molecule has 0 aliphatic carbocycles. The van der Waals surface area contributed by atoms with Crippen molar-refractivity contribution in [3.63, 3.8) is 0 Å². The van der Waals surface area contributed by atoms with E-state index in [1.165, 1.54) is 167 Å². The lowest BCUT2D eigenvalue weighted by Gasteiger charge is -2.24. The lowest BCUT2D eigenvalue weighted by Crippen LogP contribution is -2.27. The van der Waals surface area contributed by atoms with Crippen LogP contribution in [0.25, 0.3) is 0 Å². The SMILES string of the molecule is CCCCCCCCCCCCCCCCCC(CCCCCCCCCCC)N(C)C.O=P(O)(O)O. The lowest BCUT2D eigenvalue weighted by molar-refractivity contribution is 0.251. The van der Waals surface area contributed by atoms with Crippen LogP contribution in [-0.4, -0.2) is 39.7 Å². The van der Waals surface area contributed by atoms with E-state index < -0.39 is 7.82 Å². The fourth-order valence-corrected chi connectivity index (χ4v) is 5.10. The van der Waals surface area contributed by atoms with Crippen molar-refractivity contribution in [1.29, 1.82) is 0 Å². The number of unbranched alkanes of at least 4 members (excludes halogenated alkanes) is 22. The summed E-state index contributed by atoms with van der Waals surface area (Å²) in [4.78, 5) is 24.1. The molecule has 0 rings (SSSR count). The fourth-order valence-electron chi connectivity index (χ4n) is 5.10. The molecule has 3 N–H and O–H groups in total. The maximum absolute atomic E-state index is 8.88. The highest BCUT2D eigenvalue weighted by molar-refractivity contribution is 7.45. The van der Waals surface area contributed by atoms with Gasteiger partial charge in [-0.2, -0.15) is 0 Å². The van der Waals surface area contributed by atoms with Gasteiger partial charge >= 0.3 is 7.82 Å². The molecule has 0 aromatic heterocycles. The molecule has 1 atom stereocenters. The predicted octanol–water partition coefficient (Wildman–Crippen LogP) is 10.2. The summed E-state index contributed by atoms with van der Waals surface area (Å²) in [5, 5.41) is 0. The number of nitrogens with zero attached hydrogens (tertiary/aromatic N) is 1. The molecule has 0 aliphatic rings. The smallest absolute Gasteiger partial charge is 0.306 e. The number of rotatable bonds is 27. The minimum Gasteiger partial charge on any atom is -0.306 e. The maximum Gasteiger partial charge on any atom is 0.466 e. The largest absolute Gasteiger partial charge is 0.466 e. The molecule has 0 heterocycles. The van der Waals surface area contributed by atoms with Crippen molar-refractivity contribution < 1.29 is 19.2 Å². The third-order valence-corrected chi connectivity index (χ3v) is 7.51. The van der Waals surface area contributed by atoms with Crippen molar-refractivity contribution in [2.24, 2.45) is 0 Å². The normalized spacial score (nSPS) is 12.5. The summed E-state index contributed by atoms with van der Waals surface area (Å²) in [6.45, 7) is 4.61. The minimum atomic E-state index is -4.64. The lowest BCUT2D eigenvalue weighted by atomic mass is 9.99. The average molecular weight is 550 g/mol. The van der Waals surface area contributed by atoms with Gasteiger partial charge in [0, 0.05) is 6.04 Å². The summed E-state index contributed by atoms with van der Waals surface area (Å²) in [6, 6.07) is 0.821. The van der Waals surface area contributed by atoms with E-state index in [0.29, 0.717) is 0 Å². The summed E-state index contributed by atoms with van der Waals surface area (Å²) in [7, 11) is -0.0484. The van der Waals surface area contributed by atoms with E-state index in [9.17, 15) is 0 Å². The Morgan fingerprint density at radius 2 is 0.649 bits per heavy atom. The van der Waals surface area contributed by atoms with Crippen LogP contribution in [0.2, 0.25) is 0 Å². The minimum absolute atomic E-state index is 0.821. The van der Waals surface area contributed by atoms with E-state index in [2.05, 4.69) is 32.8 Å². The first kappa shape index (κ1) is 39.2. The van der Waals surface area contributed by atoms with Gasteiger partial charge in [-0.3, -0.25) is 0 Å². The summed E-state index contributed by atoms with van der Waals surface area (Å²) in [6.07, 6.45) is 37.8. The quantitative estimate of drug-likeness (QED) is 0.0701. The number of phosphoric acid groups is 1. The van der Waals surface area contributed by atoms with Crippen molar-refractivity contribution in [2.75, 3.05) is 14.1 Å². The molecule has 0 saturated carbocycles. The van der Waals surface area contributed by atoms with Gasteiger partial charge in [0.25, 0.3) is 0 Å². The second kappa shape index (κ2) is 30.6. The van der Waals surface area contributed by atoms with Crippen molar-refractivity contribution in [2.45, 2.75) is 187 Å². The molecule has 0 radical (unpaired) electrons. The molecular formula is C31H68NO4P. The van der Waals surface area contributed by atoms with E-state index in [1.54, 1.807) is 0 Å². The van der Waals surface area contributed by atoms with Gasteiger partial charge < -0.3 is 19.6 Å². The Labute approximate surface area is 232 Å². The van der Waals surface area contributed by atoms with Crippen LogP contribution >= 0.6 is 7.82 Å². The first-order valence-corrected chi connectivity index (χ1v) is 17.7. The van der Waals surface area contributed by atoms with Crippen LogP contribution < -0.4 is 0 Å². The van der Waals surface area contributed by atoms with E-state index in [4.69, 9.17) is 19.2 Å². The zero-order chi connectivity index (χ0) is 28.0. The third-order valence-electron chi connectivity index (χ3n) is 7.51. The highest BCUT2D eigenvalue weighted by atomic mass is 31.2. The third kappa shape index (κ3) is 40.7. The second-order valence-corrected chi connectivity index (χ2v) is 12.5. The Kier molecular flexibility index (Phi) is 32.4. The molecule has 5 nitrogen and oxygen atoms in total. The summed E-state index contributed by atoms with van der Waals surface area (Å²) in [5.74, 6) is 0. The van der Waals surface area contributed by atoms with Crippen LogP contribution in [0.3, 0.4) is 0 Å². The van der Waals surface area contributed by atoms with Crippen LogP contribution in [0.5, 0.6) is 0 Å². The molecule has 0 aromatic rings. The van der Waals surface area contributed by atoms with Gasteiger partial charge in [-0.05, 0) is 26.9 Å². The Morgan fingerprint density at radius 1 is 0.459 bits per heavy atom. The van der Waals surface area contributed by atoms with Crippen LogP contribution in [-0.2, 0) is 4.57 Å². The topological polar surface area (TPSA) is 81.0 Å². The van der Waals surface area contributed by atoms with E-state index >= 15 is 0 Å². The van der Waals surface area contributed by atoms with Crippen molar-refractivity contribution >= 4 is 7.82 Å². The summed E-state index contributed by atoms with van der Waals surface area (Å²) >= 11 is 0. The number of hydrogen-bond donors (Lipinski definition) is 3. The van der Waals surface area contributed by atoms with Crippen LogP contribution in [0.1, 0.15) is 181 Å². The zero-order valence-electron chi connectivity index (χ0n) is 25.6. The first-order valence-electron chi connectivity index (χ1n) is 16.2. The average Bonchev–Trinajstić information content (AvgIpc) is 2.82. The van der Waals surface area contributed by atoms with Crippen LogP contribution in [0.4, 0.5) is 0 Å². The summed E-state index contributed by atoms with van der Waals surface area (Å²) < 4.78 is 8.88. The van der Waals surface area contributed by atoms with E-state index in [1.807, 2.05) is 0 Å². The number of hydrogen-bond acceptors (Lipinski definition) is 2. The van der Waals surface area contributed by atoms with Crippen LogP contribution in [0, 0.1) is 0 Å². The fraction of sp³-hybridized carbons (Fsp3) is 1.00. The molecular weight excluding hydrogens is 481 g/mol. The molecule has 1 unspecified atom stereocenters. The highest BCUT2D eigenvalue weighted by Gasteiger charge is 2.10. The van der Waals surface area contributed by atoms with E-state index in [0.717, 1.165) is 6.04 Å². The molecule has 0 aromatic carbocycles. The zero-order valence-corrected chi connectivity index (χ0v) is 26.5. The van der Waals surface area contributed by atoms with Gasteiger partial charge in [0.05, 0.1) is 0 Å². The van der Waals surface area contributed by atoms with Gasteiger partial charge in [0.2, 0.25) is 0 Å². The van der Waals surface area contributed by atoms with Gasteiger partial charge in [-0.1, -0.05) is 168 Å². The molecule has 0 fully saturated rings. The van der Waals surface area contributed by atoms with Gasteiger partial charge in [-0.25, -0.2) is 4.57 Å². The van der Waals surface area contributed by atoms with Gasteiger partial charge in [-0.15, -0.1) is 0 Å². The summed E-state index contributed by atoms with van der Waals surface area (Å²) in [5.41, 5.74) is 0. The standard InChI is InChI=1S/C31H65N.H3O4P/c1-5-7-9-11-13-15-16-17-18-19-20-22-24-26-28-30-31(32(3)4)29-27-25-23-21-14-12-10-8-6-2;1-5(2,3)4/h31H,5-30H2,1-4H3;(H3,1,2,3,4). The van der Waals surface area contributed by atoms with E-state index in [-0.39, 0.29) is 0 Å². The molecule has 37 heavy (non-hydrogen) atoms. The molecule has 0 amide bonds. The van der Waals surface area contributed by atoms with Crippen molar-refractivity contribution in [3.8, 4) is 0 Å². The van der Waals surface area contributed by atoms with Gasteiger partial charge in [0.15, 0.2) is 0 Å². The van der Waals surface area contributed by atoms with Gasteiger partial charge in [0.1, 0.15) is 0 Å². The Morgan fingerprint density at radius 3 is 0.838 bits per heavy atom. The monoisotopic (exact) mass is 549 g/mol. The van der Waals surface area contributed by atoms with Crippen molar-refractivity contribution in [3.05, 3.63) is 0 Å². The molecule has 226 valence electrons. The Hall–Kier alpha value is 0.0700. The van der Waals surface area contributed by atoms with Crippen LogP contribution in [0.15, 0.2) is 0 Å². The Bertz CT molecular complexity index is 462. The molecule has 0 bridgehead atoms. The molecule has 6 heteroatoms.